The third kappa shape index (κ3) is 2.14. The van der Waals surface area contributed by atoms with E-state index < -0.39 is 0 Å². The maximum absolute atomic E-state index is 6.24. The van der Waals surface area contributed by atoms with Crippen LogP contribution in [0.15, 0.2) is 16.6 Å². The highest BCUT2D eigenvalue weighted by Gasteiger charge is 2.15. The van der Waals surface area contributed by atoms with E-state index in [9.17, 15) is 0 Å². The number of halogens is 2. The predicted octanol–water partition coefficient (Wildman–Crippen LogP) is 4.66. The number of nitrogen functional groups attached to an aromatic ring is 1. The summed E-state index contributed by atoms with van der Waals surface area (Å²) in [5.74, 6) is 0.352. The van der Waals surface area contributed by atoms with Crippen LogP contribution in [0.5, 0.6) is 0 Å². The van der Waals surface area contributed by atoms with E-state index in [1.807, 2.05) is 19.1 Å². The quantitative estimate of drug-likeness (QED) is 0.831. The average Bonchev–Trinajstić information content (AvgIpc) is 2.19. The molecule has 1 aromatic carbocycles. The van der Waals surface area contributed by atoms with Gasteiger partial charge in [0.1, 0.15) is 0 Å². The van der Waals surface area contributed by atoms with E-state index in [0.29, 0.717) is 10.9 Å². The van der Waals surface area contributed by atoms with Crippen molar-refractivity contribution in [2.75, 3.05) is 5.73 Å². The van der Waals surface area contributed by atoms with Gasteiger partial charge in [-0.2, -0.15) is 0 Å². The standard InChI is InChI=1S/C13H14BrClN2/c1-6(2)11-7(3)17-13-9(12(11)16)4-8(14)5-10(13)15/h4-6H,1-3H3,(H2,16,17). The zero-order valence-electron chi connectivity index (χ0n) is 10.0. The summed E-state index contributed by atoms with van der Waals surface area (Å²) in [5, 5.41) is 1.54. The lowest BCUT2D eigenvalue weighted by Crippen LogP contribution is -2.03. The van der Waals surface area contributed by atoms with Crippen molar-refractivity contribution in [3.05, 3.63) is 32.9 Å². The minimum absolute atomic E-state index is 0.352. The van der Waals surface area contributed by atoms with Crippen LogP contribution < -0.4 is 5.73 Å². The molecule has 0 atom stereocenters. The van der Waals surface area contributed by atoms with E-state index >= 15 is 0 Å². The number of hydrogen-bond donors (Lipinski definition) is 1. The van der Waals surface area contributed by atoms with Gasteiger partial charge in [-0.25, -0.2) is 0 Å². The Hall–Kier alpha value is -0.800. The van der Waals surface area contributed by atoms with Crippen LogP contribution in [0.25, 0.3) is 10.9 Å². The minimum Gasteiger partial charge on any atom is -0.398 e. The van der Waals surface area contributed by atoms with Crippen molar-refractivity contribution in [1.82, 2.24) is 4.98 Å². The van der Waals surface area contributed by atoms with Crippen molar-refractivity contribution in [3.8, 4) is 0 Å². The van der Waals surface area contributed by atoms with Crippen LogP contribution in [0.1, 0.15) is 31.0 Å². The third-order valence-electron chi connectivity index (χ3n) is 2.86. The maximum Gasteiger partial charge on any atom is 0.0913 e. The van der Waals surface area contributed by atoms with Crippen molar-refractivity contribution >= 4 is 44.1 Å². The first kappa shape index (κ1) is 12.7. The monoisotopic (exact) mass is 312 g/mol. The Morgan fingerprint density at radius 3 is 2.59 bits per heavy atom. The highest BCUT2D eigenvalue weighted by atomic mass is 79.9. The van der Waals surface area contributed by atoms with E-state index in [2.05, 4.69) is 34.8 Å². The summed E-state index contributed by atoms with van der Waals surface area (Å²) in [6, 6.07) is 3.81. The summed E-state index contributed by atoms with van der Waals surface area (Å²) in [7, 11) is 0. The molecule has 0 aliphatic rings. The second kappa shape index (κ2) is 4.46. The molecule has 2 rings (SSSR count). The van der Waals surface area contributed by atoms with Gasteiger partial charge in [0, 0.05) is 21.2 Å². The van der Waals surface area contributed by atoms with E-state index in [1.165, 1.54) is 0 Å². The second-order valence-electron chi connectivity index (χ2n) is 4.46. The Morgan fingerprint density at radius 2 is 2.00 bits per heavy atom. The normalized spacial score (nSPS) is 11.4. The van der Waals surface area contributed by atoms with Gasteiger partial charge in [-0.15, -0.1) is 0 Å². The Morgan fingerprint density at radius 1 is 1.35 bits per heavy atom. The molecule has 0 amide bonds. The van der Waals surface area contributed by atoms with Crippen LogP contribution >= 0.6 is 27.5 Å². The molecule has 2 N–H and O–H groups in total. The van der Waals surface area contributed by atoms with Gasteiger partial charge < -0.3 is 5.73 Å². The fraction of sp³-hybridized carbons (Fsp3) is 0.308. The summed E-state index contributed by atoms with van der Waals surface area (Å²) >= 11 is 9.62. The highest BCUT2D eigenvalue weighted by Crippen LogP contribution is 2.35. The zero-order valence-corrected chi connectivity index (χ0v) is 12.4. The molecule has 4 heteroatoms. The molecular weight excluding hydrogens is 300 g/mol. The second-order valence-corrected chi connectivity index (χ2v) is 5.79. The predicted molar refractivity (Wildman–Crippen MR) is 77.7 cm³/mol. The molecule has 17 heavy (non-hydrogen) atoms. The molecule has 0 bridgehead atoms. The number of nitrogens with two attached hydrogens (primary N) is 1. The number of aromatic nitrogens is 1. The average molecular weight is 314 g/mol. The summed E-state index contributed by atoms with van der Waals surface area (Å²) in [6.45, 7) is 6.21. The first-order valence-corrected chi connectivity index (χ1v) is 6.63. The first-order valence-electron chi connectivity index (χ1n) is 5.46. The molecule has 2 nitrogen and oxygen atoms in total. The van der Waals surface area contributed by atoms with Gasteiger partial charge in [0.2, 0.25) is 0 Å². The van der Waals surface area contributed by atoms with Crippen molar-refractivity contribution in [2.24, 2.45) is 0 Å². The van der Waals surface area contributed by atoms with Gasteiger partial charge in [0.25, 0.3) is 0 Å². The molecule has 0 spiro atoms. The van der Waals surface area contributed by atoms with Crippen molar-refractivity contribution in [2.45, 2.75) is 26.7 Å². The molecule has 0 radical (unpaired) electrons. The Kier molecular flexibility index (Phi) is 3.32. The van der Waals surface area contributed by atoms with Gasteiger partial charge in [-0.05, 0) is 30.5 Å². The number of fused-ring (bicyclic) bond motifs is 1. The molecule has 0 saturated heterocycles. The van der Waals surface area contributed by atoms with E-state index in [-0.39, 0.29) is 0 Å². The molecule has 0 fully saturated rings. The Balaban J connectivity index is 2.92. The van der Waals surface area contributed by atoms with Crippen LogP contribution in [0, 0.1) is 6.92 Å². The van der Waals surface area contributed by atoms with Crippen LogP contribution in [-0.4, -0.2) is 4.98 Å². The van der Waals surface area contributed by atoms with E-state index in [4.69, 9.17) is 17.3 Å². The number of hydrogen-bond acceptors (Lipinski definition) is 2. The number of aryl methyl sites for hydroxylation is 1. The largest absolute Gasteiger partial charge is 0.398 e. The lowest BCUT2D eigenvalue weighted by atomic mass is 9.97. The van der Waals surface area contributed by atoms with Gasteiger partial charge in [-0.3, -0.25) is 4.98 Å². The molecule has 0 aliphatic carbocycles. The topological polar surface area (TPSA) is 38.9 Å². The Bertz CT molecular complexity index is 594. The number of pyridine rings is 1. The minimum atomic E-state index is 0.352. The first-order chi connectivity index (χ1) is 7.91. The molecule has 90 valence electrons. The molecule has 0 unspecified atom stereocenters. The number of nitrogens with zero attached hydrogens (tertiary/aromatic N) is 1. The number of anilines is 1. The smallest absolute Gasteiger partial charge is 0.0913 e. The van der Waals surface area contributed by atoms with Gasteiger partial charge in [0.15, 0.2) is 0 Å². The maximum atomic E-state index is 6.24. The van der Waals surface area contributed by atoms with Crippen LogP contribution in [0.4, 0.5) is 5.69 Å². The summed E-state index contributed by atoms with van der Waals surface area (Å²) < 4.78 is 0.919. The summed E-state index contributed by atoms with van der Waals surface area (Å²) in [4.78, 5) is 4.57. The van der Waals surface area contributed by atoms with E-state index in [0.717, 1.165) is 32.3 Å². The molecular formula is C13H14BrClN2. The number of rotatable bonds is 1. The highest BCUT2D eigenvalue weighted by molar-refractivity contribution is 9.10. The molecule has 1 aromatic heterocycles. The lowest BCUT2D eigenvalue weighted by Gasteiger charge is -2.15. The molecule has 0 aliphatic heterocycles. The van der Waals surface area contributed by atoms with Crippen LogP contribution in [-0.2, 0) is 0 Å². The van der Waals surface area contributed by atoms with Crippen LogP contribution in [0.2, 0.25) is 5.02 Å². The Labute approximate surface area is 114 Å². The molecule has 0 saturated carbocycles. The SMILES string of the molecule is Cc1nc2c(Cl)cc(Br)cc2c(N)c1C(C)C. The summed E-state index contributed by atoms with van der Waals surface area (Å²) in [5.41, 5.74) is 9.85. The van der Waals surface area contributed by atoms with Crippen LogP contribution in [0.3, 0.4) is 0 Å². The molecule has 2 aromatic rings. The molecule has 1 heterocycles. The van der Waals surface area contributed by atoms with Crippen molar-refractivity contribution in [3.63, 3.8) is 0 Å². The van der Waals surface area contributed by atoms with Gasteiger partial charge in [-0.1, -0.05) is 41.4 Å². The third-order valence-corrected chi connectivity index (χ3v) is 3.60. The number of benzene rings is 1. The fourth-order valence-electron chi connectivity index (χ4n) is 2.18. The van der Waals surface area contributed by atoms with Crippen molar-refractivity contribution in [1.29, 1.82) is 0 Å². The fourth-order valence-corrected chi connectivity index (χ4v) is 3.03. The lowest BCUT2D eigenvalue weighted by molar-refractivity contribution is 0.851. The zero-order chi connectivity index (χ0) is 12.7. The van der Waals surface area contributed by atoms with Crippen molar-refractivity contribution < 1.29 is 0 Å². The van der Waals surface area contributed by atoms with Gasteiger partial charge in [0.05, 0.1) is 10.5 Å². The summed E-state index contributed by atoms with van der Waals surface area (Å²) in [6.07, 6.45) is 0. The van der Waals surface area contributed by atoms with Gasteiger partial charge >= 0.3 is 0 Å². The van der Waals surface area contributed by atoms with E-state index in [1.54, 1.807) is 0 Å².